The van der Waals surface area contributed by atoms with Crippen molar-refractivity contribution in [3.63, 3.8) is 0 Å². The quantitative estimate of drug-likeness (QED) is 0.644. The molecule has 2 aromatic heterocycles. The predicted octanol–water partition coefficient (Wildman–Crippen LogP) is 1.67. The van der Waals surface area contributed by atoms with Crippen molar-refractivity contribution in [2.75, 3.05) is 0 Å². The minimum Gasteiger partial charge on any atom is -0.478 e. The number of halogens is 1. The van der Waals surface area contributed by atoms with E-state index in [4.69, 9.17) is 4.74 Å². The van der Waals surface area contributed by atoms with Gasteiger partial charge in [0.25, 0.3) is 17.4 Å². The van der Waals surface area contributed by atoms with Gasteiger partial charge in [0.05, 0.1) is 16.6 Å². The Morgan fingerprint density at radius 3 is 2.71 bits per heavy atom. The molecule has 0 bridgehead atoms. The molecule has 0 aliphatic heterocycles. The Labute approximate surface area is 162 Å². The summed E-state index contributed by atoms with van der Waals surface area (Å²) in [6.07, 6.45) is 0.334. The van der Waals surface area contributed by atoms with Gasteiger partial charge in [-0.2, -0.15) is 0 Å². The molecule has 146 valence electrons. The van der Waals surface area contributed by atoms with Gasteiger partial charge in [-0.15, -0.1) is 11.3 Å². The molecule has 1 unspecified atom stereocenters. The molecule has 10 heteroatoms. The number of aromatic nitrogens is 2. The van der Waals surface area contributed by atoms with Crippen LogP contribution < -0.4 is 21.1 Å². The van der Waals surface area contributed by atoms with Crippen molar-refractivity contribution in [3.05, 3.63) is 57.2 Å². The summed E-state index contributed by atoms with van der Waals surface area (Å²) in [5.74, 6) is -1.92. The number of aryl methyl sites for hydroxylation is 2. The third kappa shape index (κ3) is 3.72. The monoisotopic (exact) mass is 404 g/mol. The summed E-state index contributed by atoms with van der Waals surface area (Å²) in [5, 5.41) is 0.364. The minimum atomic E-state index is -1.05. The topological polar surface area (TPSA) is 102 Å². The third-order valence-electron chi connectivity index (χ3n) is 4.03. The number of para-hydroxylation sites is 1. The summed E-state index contributed by atoms with van der Waals surface area (Å²) in [6.45, 7) is 3.06. The summed E-state index contributed by atoms with van der Waals surface area (Å²) in [6, 6.07) is 5.69. The lowest BCUT2D eigenvalue weighted by Gasteiger charge is -2.15. The molecule has 3 rings (SSSR count). The first-order valence-corrected chi connectivity index (χ1v) is 9.07. The molecule has 0 aliphatic carbocycles. The maximum Gasteiger partial charge on any atom is 0.280 e. The van der Waals surface area contributed by atoms with E-state index in [9.17, 15) is 18.8 Å². The summed E-state index contributed by atoms with van der Waals surface area (Å²) in [4.78, 5) is 41.6. The molecule has 2 amide bonds. The van der Waals surface area contributed by atoms with Crippen LogP contribution in [0.2, 0.25) is 0 Å². The fourth-order valence-corrected chi connectivity index (χ4v) is 3.52. The molecular formula is C18H17FN4O4S. The van der Waals surface area contributed by atoms with Crippen LogP contribution in [-0.4, -0.2) is 27.5 Å². The molecule has 0 aliphatic rings. The zero-order valence-corrected chi connectivity index (χ0v) is 16.1. The molecule has 2 N–H and O–H groups in total. The van der Waals surface area contributed by atoms with Crippen molar-refractivity contribution in [2.45, 2.75) is 20.0 Å². The van der Waals surface area contributed by atoms with Crippen LogP contribution in [0.25, 0.3) is 10.2 Å². The first-order chi connectivity index (χ1) is 13.3. The van der Waals surface area contributed by atoms with E-state index in [1.165, 1.54) is 36.0 Å². The Hall–Kier alpha value is -3.27. The van der Waals surface area contributed by atoms with Gasteiger partial charge in [-0.25, -0.2) is 9.37 Å². The highest BCUT2D eigenvalue weighted by atomic mass is 32.1. The number of benzene rings is 1. The molecule has 3 aromatic rings. The molecule has 1 atom stereocenters. The number of ether oxygens (including phenoxy) is 1. The van der Waals surface area contributed by atoms with Crippen LogP contribution in [0.4, 0.5) is 4.39 Å². The minimum absolute atomic E-state index is 0.0706. The second-order valence-electron chi connectivity index (χ2n) is 6.03. The van der Waals surface area contributed by atoms with E-state index in [-0.39, 0.29) is 16.2 Å². The van der Waals surface area contributed by atoms with E-state index in [0.717, 1.165) is 11.3 Å². The Balaban J connectivity index is 1.68. The molecular weight excluding hydrogens is 387 g/mol. The average molecular weight is 404 g/mol. The van der Waals surface area contributed by atoms with Crippen molar-refractivity contribution in [1.29, 1.82) is 0 Å². The number of rotatable bonds is 4. The molecule has 0 spiro atoms. The lowest BCUT2D eigenvalue weighted by atomic mass is 10.2. The van der Waals surface area contributed by atoms with Crippen molar-refractivity contribution in [1.82, 2.24) is 20.4 Å². The zero-order chi connectivity index (χ0) is 20.4. The number of fused-ring (bicyclic) bond motifs is 1. The van der Waals surface area contributed by atoms with Gasteiger partial charge in [-0.1, -0.05) is 12.1 Å². The molecule has 0 radical (unpaired) electrons. The average Bonchev–Trinajstić information content (AvgIpc) is 3.01. The van der Waals surface area contributed by atoms with Crippen LogP contribution >= 0.6 is 11.3 Å². The van der Waals surface area contributed by atoms with Gasteiger partial charge in [0.15, 0.2) is 17.7 Å². The van der Waals surface area contributed by atoms with Gasteiger partial charge in [-0.3, -0.25) is 25.2 Å². The second-order valence-corrected chi connectivity index (χ2v) is 7.03. The number of carbonyl (C=O) groups is 2. The summed E-state index contributed by atoms with van der Waals surface area (Å²) < 4.78 is 20.2. The van der Waals surface area contributed by atoms with Gasteiger partial charge < -0.3 is 9.30 Å². The Morgan fingerprint density at radius 2 is 2.00 bits per heavy atom. The Bertz CT molecular complexity index is 1120. The highest BCUT2D eigenvalue weighted by Crippen LogP contribution is 2.26. The predicted molar refractivity (Wildman–Crippen MR) is 102 cm³/mol. The molecule has 8 nitrogen and oxygen atoms in total. The summed E-state index contributed by atoms with van der Waals surface area (Å²) in [7, 11) is 1.57. The number of hydrogen-bond donors (Lipinski definition) is 2. The van der Waals surface area contributed by atoms with E-state index in [1.807, 2.05) is 0 Å². The first kappa shape index (κ1) is 19.5. The van der Waals surface area contributed by atoms with E-state index in [2.05, 4.69) is 15.8 Å². The molecule has 0 saturated heterocycles. The third-order valence-corrected chi connectivity index (χ3v) is 5.22. The van der Waals surface area contributed by atoms with Gasteiger partial charge in [-0.05, 0) is 31.5 Å². The number of hydrogen-bond acceptors (Lipinski definition) is 6. The highest BCUT2D eigenvalue weighted by molar-refractivity contribution is 7.20. The SMILES string of the molecule is Cc1c(C(=O)NNC(=O)C(C)Oc2ccccc2F)sc2ncn(C)c(=O)c12. The smallest absolute Gasteiger partial charge is 0.280 e. The number of nitrogens with zero attached hydrogens (tertiary/aromatic N) is 2. The fraction of sp³-hybridized carbons (Fsp3) is 0.222. The normalized spacial score (nSPS) is 11.9. The largest absolute Gasteiger partial charge is 0.478 e. The number of hydrazine groups is 1. The zero-order valence-electron chi connectivity index (χ0n) is 15.3. The van der Waals surface area contributed by atoms with Crippen LogP contribution in [0.15, 0.2) is 35.4 Å². The highest BCUT2D eigenvalue weighted by Gasteiger charge is 2.21. The van der Waals surface area contributed by atoms with E-state index in [1.54, 1.807) is 20.0 Å². The van der Waals surface area contributed by atoms with Gasteiger partial charge in [0.1, 0.15) is 4.83 Å². The number of carbonyl (C=O) groups excluding carboxylic acids is 2. The van der Waals surface area contributed by atoms with E-state index < -0.39 is 23.7 Å². The van der Waals surface area contributed by atoms with E-state index >= 15 is 0 Å². The molecule has 1 aromatic carbocycles. The van der Waals surface area contributed by atoms with Crippen molar-refractivity contribution in [2.24, 2.45) is 7.05 Å². The number of amides is 2. The molecule has 0 saturated carbocycles. The lowest BCUT2D eigenvalue weighted by molar-refractivity contribution is -0.128. The van der Waals surface area contributed by atoms with Crippen LogP contribution in [0.3, 0.4) is 0 Å². The lowest BCUT2D eigenvalue weighted by Crippen LogP contribution is -2.47. The Kier molecular flexibility index (Phi) is 5.41. The van der Waals surface area contributed by atoms with Crippen LogP contribution in [0.1, 0.15) is 22.2 Å². The van der Waals surface area contributed by atoms with Crippen molar-refractivity contribution < 1.29 is 18.7 Å². The van der Waals surface area contributed by atoms with E-state index in [0.29, 0.717) is 15.8 Å². The standard InChI is InChI=1S/C18H17FN4O4S/c1-9-13-17(20-8-23(3)18(13)26)28-14(9)16(25)22-21-15(24)10(2)27-12-7-5-4-6-11(12)19/h4-8,10H,1-3H3,(H,21,24)(H,22,25). The summed E-state index contributed by atoms with van der Waals surface area (Å²) >= 11 is 1.05. The van der Waals surface area contributed by atoms with Gasteiger partial charge >= 0.3 is 0 Å². The van der Waals surface area contributed by atoms with Crippen LogP contribution in [-0.2, 0) is 11.8 Å². The van der Waals surface area contributed by atoms with Gasteiger partial charge in [0, 0.05) is 7.05 Å². The van der Waals surface area contributed by atoms with Crippen molar-refractivity contribution >= 4 is 33.4 Å². The van der Waals surface area contributed by atoms with Gasteiger partial charge in [0.2, 0.25) is 0 Å². The summed E-state index contributed by atoms with van der Waals surface area (Å²) in [5.41, 5.74) is 4.74. The van der Waals surface area contributed by atoms with Crippen molar-refractivity contribution in [3.8, 4) is 5.75 Å². The van der Waals surface area contributed by atoms with Crippen LogP contribution in [0.5, 0.6) is 5.75 Å². The number of nitrogens with one attached hydrogen (secondary N) is 2. The van der Waals surface area contributed by atoms with Crippen LogP contribution in [0, 0.1) is 12.7 Å². The fourth-order valence-electron chi connectivity index (χ4n) is 2.49. The molecule has 28 heavy (non-hydrogen) atoms. The maximum absolute atomic E-state index is 13.6. The molecule has 2 heterocycles. The first-order valence-electron chi connectivity index (χ1n) is 8.25. The second kappa shape index (κ2) is 7.77. The number of thiophene rings is 1. The molecule has 0 fully saturated rings. The Morgan fingerprint density at radius 1 is 1.29 bits per heavy atom. The maximum atomic E-state index is 13.6.